The molecule has 25 heteroatoms. The molecule has 0 saturated heterocycles. The number of carbonyl (C=O) groups excluding carboxylic acids is 4. The molecule has 0 aliphatic carbocycles. The van der Waals surface area contributed by atoms with Gasteiger partial charge in [0.25, 0.3) is 5.91 Å². The number of benzene rings is 5. The summed E-state index contributed by atoms with van der Waals surface area (Å²) in [4.78, 5) is 70.1. The van der Waals surface area contributed by atoms with Crippen molar-refractivity contribution < 1.29 is 76.1 Å². The number of rotatable bonds is 26. The van der Waals surface area contributed by atoms with Gasteiger partial charge >= 0.3 is 30.2 Å². The Balaban J connectivity index is 0.00000165. The van der Waals surface area contributed by atoms with E-state index >= 15 is 0 Å². The number of halogens is 3. The van der Waals surface area contributed by atoms with Gasteiger partial charge in [-0.1, -0.05) is 60.3 Å². The molecular weight excluding hydrogens is 1090 g/mol. The number of aliphatic hydroxyl groups is 1. The molecule has 0 unspecified atom stereocenters. The van der Waals surface area contributed by atoms with Crippen molar-refractivity contribution in [2.24, 2.45) is 4.99 Å². The zero-order chi connectivity index (χ0) is 59.6. The largest absolute Gasteiger partial charge is 0.506 e. The second-order valence-electron chi connectivity index (χ2n) is 18.1. The lowest BCUT2D eigenvalue weighted by molar-refractivity contribution is -0.192. The minimum absolute atomic E-state index is 0.0248. The number of hydrogen-bond acceptors (Lipinski definition) is 16. The Hall–Kier alpha value is -8.46. The average Bonchev–Trinajstić information content (AvgIpc) is 3.81. The van der Waals surface area contributed by atoms with E-state index in [-0.39, 0.29) is 86.0 Å². The number of esters is 1. The average molecular weight is 1160 g/mol. The third-order valence-electron chi connectivity index (χ3n) is 10.8. The van der Waals surface area contributed by atoms with Gasteiger partial charge in [-0.2, -0.15) is 13.2 Å². The van der Waals surface area contributed by atoms with Gasteiger partial charge < -0.3 is 75.4 Å². The van der Waals surface area contributed by atoms with E-state index in [1.54, 1.807) is 67.6 Å². The Kier molecular flexibility index (Phi) is 25.7. The van der Waals surface area contributed by atoms with Crippen LogP contribution in [0.1, 0.15) is 34.0 Å². The molecule has 5 aromatic rings. The summed E-state index contributed by atoms with van der Waals surface area (Å²) in [6.07, 6.45) is -3.45. The van der Waals surface area contributed by atoms with E-state index in [9.17, 15) is 42.6 Å². The summed E-state index contributed by atoms with van der Waals surface area (Å²) in [5, 5.41) is 43.0. The van der Waals surface area contributed by atoms with Crippen LogP contribution in [0.3, 0.4) is 0 Å². The van der Waals surface area contributed by atoms with Crippen molar-refractivity contribution in [2.75, 3.05) is 109 Å². The molecule has 5 aromatic carbocycles. The molecule has 21 nitrogen and oxygen atoms in total. The maximum absolute atomic E-state index is 13.4. The van der Waals surface area contributed by atoms with Crippen molar-refractivity contribution in [2.45, 2.75) is 26.2 Å². The van der Waals surface area contributed by atoms with E-state index in [4.69, 9.17) is 33.6 Å². The van der Waals surface area contributed by atoms with E-state index in [0.29, 0.717) is 45.8 Å². The number of hydrogen-bond donors (Lipinski definition) is 8. The number of anilines is 4. The van der Waals surface area contributed by atoms with Crippen molar-refractivity contribution >= 4 is 81.2 Å². The molecule has 82 heavy (non-hydrogen) atoms. The SMILES string of the molecule is CCOC(=O)C1=C(O)/C(=C/c2ccc(OCCOCCOCCOCCNC(=O)c3cc(NC(=O)Nc4ccc(CN(C)C)cc4)cc(NC(=O)Nc4ccc(CN(C)C)cc4)c3)c(O)c2)SC1=Nc1ccccc1.O=C(O)C(F)(F)F. The third kappa shape index (κ3) is 22.6. The van der Waals surface area contributed by atoms with Gasteiger partial charge in [-0.05, 0) is 125 Å². The fraction of sp³-hybridized carbons (Fsp3) is 0.298. The Morgan fingerprint density at radius 2 is 1.15 bits per heavy atom. The summed E-state index contributed by atoms with van der Waals surface area (Å²) in [6, 6.07) is 32.3. The number of para-hydroxylation sites is 1. The number of thioether (sulfide) groups is 1. The number of nitrogens with zero attached hydrogens (tertiary/aromatic N) is 3. The number of aromatic hydroxyl groups is 1. The number of aliphatic imine (C=N–C) groups is 1. The molecule has 8 N–H and O–H groups in total. The minimum atomic E-state index is -5.08. The summed E-state index contributed by atoms with van der Waals surface area (Å²) in [5.41, 5.74) is 5.22. The predicted molar refractivity (Wildman–Crippen MR) is 307 cm³/mol. The van der Waals surface area contributed by atoms with Gasteiger partial charge in [-0.15, -0.1) is 0 Å². The van der Waals surface area contributed by atoms with E-state index < -0.39 is 36.1 Å². The molecule has 0 atom stereocenters. The number of carbonyl (C=O) groups is 5. The normalized spacial score (nSPS) is 13.1. The van der Waals surface area contributed by atoms with Crippen LogP contribution in [0.25, 0.3) is 6.08 Å². The first-order valence-electron chi connectivity index (χ1n) is 25.4. The van der Waals surface area contributed by atoms with Crippen molar-refractivity contribution in [1.82, 2.24) is 15.1 Å². The molecule has 438 valence electrons. The molecule has 0 bridgehead atoms. The highest BCUT2D eigenvalue weighted by Crippen LogP contribution is 2.41. The van der Waals surface area contributed by atoms with Gasteiger partial charge in [0, 0.05) is 47.9 Å². The van der Waals surface area contributed by atoms with Gasteiger partial charge in [-0.3, -0.25) is 4.79 Å². The number of urea groups is 2. The van der Waals surface area contributed by atoms with E-state index in [1.165, 1.54) is 18.2 Å². The number of ether oxygens (including phenoxy) is 5. The fourth-order valence-corrected chi connectivity index (χ4v) is 8.24. The number of phenols is 1. The van der Waals surface area contributed by atoms with Gasteiger partial charge in [0.05, 0.1) is 56.8 Å². The Bertz CT molecular complexity index is 2950. The molecule has 0 spiro atoms. The van der Waals surface area contributed by atoms with Crippen molar-refractivity contribution in [3.63, 3.8) is 0 Å². The van der Waals surface area contributed by atoms with Crippen LogP contribution in [0.2, 0.25) is 0 Å². The molecule has 0 saturated carbocycles. The summed E-state index contributed by atoms with van der Waals surface area (Å²) in [7, 11) is 7.90. The minimum Gasteiger partial charge on any atom is -0.506 e. The van der Waals surface area contributed by atoms with Gasteiger partial charge in [-0.25, -0.2) is 24.2 Å². The molecule has 0 aromatic heterocycles. The number of aliphatic hydroxyl groups excluding tert-OH is 1. The van der Waals surface area contributed by atoms with Gasteiger partial charge in [0.2, 0.25) is 0 Å². The maximum Gasteiger partial charge on any atom is 0.490 e. The summed E-state index contributed by atoms with van der Waals surface area (Å²) < 4.78 is 59.5. The van der Waals surface area contributed by atoms with Crippen LogP contribution in [-0.4, -0.2) is 154 Å². The number of carboxylic acid groups (broad SMARTS) is 1. The van der Waals surface area contributed by atoms with E-state index in [1.807, 2.05) is 80.5 Å². The van der Waals surface area contributed by atoms with Crippen LogP contribution in [0, 0.1) is 0 Å². The second kappa shape index (κ2) is 32.7. The third-order valence-corrected chi connectivity index (χ3v) is 11.8. The zero-order valence-corrected chi connectivity index (χ0v) is 46.4. The topological polar surface area (TPSA) is 271 Å². The number of phenolic OH excluding ortho intramolecular Hbond substituents is 1. The quantitative estimate of drug-likeness (QED) is 0.0189. The van der Waals surface area contributed by atoms with E-state index in [2.05, 4.69) is 31.6 Å². The Morgan fingerprint density at radius 3 is 1.63 bits per heavy atom. The number of alkyl halides is 3. The van der Waals surface area contributed by atoms with Gasteiger partial charge in [0.1, 0.15) is 23.0 Å². The Morgan fingerprint density at radius 1 is 0.646 bits per heavy atom. The highest BCUT2D eigenvalue weighted by Gasteiger charge is 2.38. The lowest BCUT2D eigenvalue weighted by Crippen LogP contribution is -2.28. The molecule has 6 rings (SSSR count). The van der Waals surface area contributed by atoms with Crippen LogP contribution >= 0.6 is 11.8 Å². The van der Waals surface area contributed by atoms with Crippen LogP contribution in [0.4, 0.5) is 51.2 Å². The molecule has 1 heterocycles. The summed E-state index contributed by atoms with van der Waals surface area (Å²) >= 11 is 1.12. The van der Waals surface area contributed by atoms with Crippen molar-refractivity contribution in [3.05, 3.63) is 154 Å². The smallest absolute Gasteiger partial charge is 0.490 e. The lowest BCUT2D eigenvalue weighted by atomic mass is 10.1. The predicted octanol–water partition coefficient (Wildman–Crippen LogP) is 9.49. The van der Waals surface area contributed by atoms with Crippen molar-refractivity contribution in [3.8, 4) is 11.5 Å². The molecular formula is C57H65F3N8O13S. The molecule has 0 radical (unpaired) electrons. The second-order valence-corrected chi connectivity index (χ2v) is 19.1. The summed E-state index contributed by atoms with van der Waals surface area (Å²) in [5.74, 6) is -4.03. The van der Waals surface area contributed by atoms with Crippen LogP contribution in [0.5, 0.6) is 11.5 Å². The highest BCUT2D eigenvalue weighted by molar-refractivity contribution is 8.18. The molecule has 0 fully saturated rings. The standard InChI is InChI=1S/C55H64N8O11S.C2HF3O2/c1-6-73-53(67)49-50(65)48(75-52(49)57-41-10-8-7-9-11-41)31-39-16-21-47(46(64)30-39)74-29-28-72-27-26-71-25-24-70-23-22-56-51(66)40-32-44(60-54(68)58-42-17-12-37(13-18-42)35-62(2)3)34-45(33-40)61-55(69)59-43-19-14-38(15-20-43)36-63(4)5;3-2(4,5)1(6)7/h7-21,30-34,64-65H,6,22-29,35-36H2,1-5H3,(H,56,66)(H2,58,60,68)(H2,59,61,69);(H,6,7)/b48-31-,57-52?;. The highest BCUT2D eigenvalue weighted by atomic mass is 32.2. The van der Waals surface area contributed by atoms with Crippen LogP contribution in [-0.2, 0) is 41.6 Å². The number of carboxylic acids is 1. The zero-order valence-electron chi connectivity index (χ0n) is 45.6. The maximum atomic E-state index is 13.4. The van der Waals surface area contributed by atoms with Gasteiger partial charge in [0.15, 0.2) is 11.5 Å². The molecule has 1 aliphatic rings. The first-order chi connectivity index (χ1) is 39.2. The number of aliphatic carboxylic acids is 1. The molecule has 5 amide bonds. The first-order valence-corrected chi connectivity index (χ1v) is 26.2. The molecule has 1 aliphatic heterocycles. The first kappa shape index (κ1) is 64.4. The monoisotopic (exact) mass is 1160 g/mol. The number of amides is 5. The lowest BCUT2D eigenvalue weighted by Gasteiger charge is -2.14. The fourth-order valence-electron chi connectivity index (χ4n) is 7.21. The summed E-state index contributed by atoms with van der Waals surface area (Å²) in [6.45, 7) is 5.23. The Labute approximate surface area is 476 Å². The van der Waals surface area contributed by atoms with Crippen LogP contribution < -0.4 is 31.3 Å². The van der Waals surface area contributed by atoms with Crippen LogP contribution in [0.15, 0.2) is 136 Å². The number of nitrogens with one attached hydrogen (secondary N) is 5. The van der Waals surface area contributed by atoms with E-state index in [0.717, 1.165) is 36.0 Å². The van der Waals surface area contributed by atoms with Crippen molar-refractivity contribution in [1.29, 1.82) is 0 Å².